The number of non-ortho nitro benzene ring substituents is 1. The highest BCUT2D eigenvalue weighted by Crippen LogP contribution is 2.22. The number of benzene rings is 2. The van der Waals surface area contributed by atoms with Crippen LogP contribution in [0.3, 0.4) is 0 Å². The van der Waals surface area contributed by atoms with Crippen LogP contribution in [0.5, 0.6) is 11.5 Å². The quantitative estimate of drug-likeness (QED) is 0.360. The lowest BCUT2D eigenvalue weighted by atomic mass is 10.3. The molecule has 2 amide bonds. The van der Waals surface area contributed by atoms with Crippen LogP contribution in [-0.4, -0.2) is 77.1 Å². The van der Waals surface area contributed by atoms with Gasteiger partial charge in [0.1, 0.15) is 23.7 Å². The van der Waals surface area contributed by atoms with E-state index in [1.54, 1.807) is 24.0 Å². The zero-order chi connectivity index (χ0) is 26.7. The number of aliphatic hydroxyl groups excluding tert-OH is 1. The summed E-state index contributed by atoms with van der Waals surface area (Å²) in [5.41, 5.74) is 6.36. The van der Waals surface area contributed by atoms with E-state index in [9.17, 15) is 19.7 Å². The number of hydrogen-bond donors (Lipinski definition) is 2. The van der Waals surface area contributed by atoms with Gasteiger partial charge in [0.2, 0.25) is 11.8 Å². The van der Waals surface area contributed by atoms with Crippen LogP contribution >= 0.6 is 0 Å². The molecular formula is C25H34N4O7. The molecule has 36 heavy (non-hydrogen) atoms. The first-order chi connectivity index (χ1) is 17.2. The first kappa shape index (κ1) is 28.4. The maximum Gasteiger partial charge on any atom is 0.269 e. The van der Waals surface area contributed by atoms with Crippen LogP contribution in [0.4, 0.5) is 11.4 Å². The van der Waals surface area contributed by atoms with E-state index in [1.807, 2.05) is 29.2 Å². The van der Waals surface area contributed by atoms with Gasteiger partial charge in [-0.05, 0) is 36.4 Å². The fourth-order valence-corrected chi connectivity index (χ4v) is 3.80. The van der Waals surface area contributed by atoms with Gasteiger partial charge in [-0.1, -0.05) is 0 Å². The van der Waals surface area contributed by atoms with Gasteiger partial charge < -0.3 is 30.1 Å². The van der Waals surface area contributed by atoms with E-state index >= 15 is 0 Å². The Balaban J connectivity index is 0.000000239. The maximum absolute atomic E-state index is 11.2. The minimum absolute atomic E-state index is 0.0321. The van der Waals surface area contributed by atoms with Crippen LogP contribution in [0.1, 0.15) is 26.7 Å². The summed E-state index contributed by atoms with van der Waals surface area (Å²) in [5, 5.41) is 17.5. The number of aliphatic hydroxyl groups is 1. The number of likely N-dealkylation sites (tertiary alicyclic amines) is 2. The second-order valence-corrected chi connectivity index (χ2v) is 8.31. The third-order valence-electron chi connectivity index (χ3n) is 5.71. The largest absolute Gasteiger partial charge is 0.489 e. The molecular weight excluding hydrogens is 468 g/mol. The van der Waals surface area contributed by atoms with Crippen molar-refractivity contribution in [2.24, 2.45) is 0 Å². The number of rotatable bonds is 5. The van der Waals surface area contributed by atoms with Crippen molar-refractivity contribution in [1.82, 2.24) is 9.80 Å². The Morgan fingerprint density at radius 1 is 0.861 bits per heavy atom. The van der Waals surface area contributed by atoms with Crippen LogP contribution in [-0.2, 0) is 9.59 Å². The van der Waals surface area contributed by atoms with Crippen molar-refractivity contribution >= 4 is 23.2 Å². The van der Waals surface area contributed by atoms with E-state index in [4.69, 9.17) is 20.3 Å². The molecule has 2 fully saturated rings. The molecule has 2 atom stereocenters. The van der Waals surface area contributed by atoms with Gasteiger partial charge in [0.05, 0.1) is 18.0 Å². The molecule has 0 unspecified atom stereocenters. The molecule has 3 N–H and O–H groups in total. The summed E-state index contributed by atoms with van der Waals surface area (Å²) in [6.07, 6.45) is 1.75. The van der Waals surface area contributed by atoms with Crippen LogP contribution in [0, 0.1) is 10.1 Å². The Labute approximate surface area is 210 Å². The van der Waals surface area contributed by atoms with Gasteiger partial charge in [-0.3, -0.25) is 19.7 Å². The van der Waals surface area contributed by atoms with E-state index in [0.29, 0.717) is 25.4 Å². The van der Waals surface area contributed by atoms with Gasteiger partial charge in [0, 0.05) is 64.7 Å². The normalized spacial score (nSPS) is 18.3. The van der Waals surface area contributed by atoms with Crippen molar-refractivity contribution in [3.05, 3.63) is 58.6 Å². The molecule has 2 saturated heterocycles. The molecule has 0 saturated carbocycles. The molecule has 0 bridgehead atoms. The predicted molar refractivity (Wildman–Crippen MR) is 135 cm³/mol. The fourth-order valence-electron chi connectivity index (χ4n) is 3.80. The second-order valence-electron chi connectivity index (χ2n) is 8.31. The Morgan fingerprint density at radius 3 is 1.58 bits per heavy atom. The topological polar surface area (TPSA) is 148 Å². The number of nitrogens with zero attached hydrogens (tertiary/aromatic N) is 3. The Kier molecular flexibility index (Phi) is 10.9. The minimum atomic E-state index is -0.448. The fraction of sp³-hybridized carbons (Fsp3) is 0.440. The number of ether oxygens (including phenoxy) is 2. The Hall–Kier alpha value is -3.86. The lowest BCUT2D eigenvalue weighted by Gasteiger charge is -2.15. The SMILES string of the molecule is CC(=O)N1CC[C@H](Oc2ccc(N)cc2)C1.CC(=O)N1CC[C@H](Oc2ccc([N+](=O)[O-])cc2)C1.CO. The number of nitrogens with two attached hydrogens (primary N) is 1. The average Bonchev–Trinajstić information content (AvgIpc) is 3.53. The molecule has 0 spiro atoms. The summed E-state index contributed by atoms with van der Waals surface area (Å²) >= 11 is 0. The third kappa shape index (κ3) is 8.73. The summed E-state index contributed by atoms with van der Waals surface area (Å²) < 4.78 is 11.4. The number of carbonyl (C=O) groups excluding carboxylic acids is 2. The third-order valence-corrected chi connectivity index (χ3v) is 5.71. The van der Waals surface area contributed by atoms with E-state index in [0.717, 1.165) is 37.9 Å². The molecule has 11 nitrogen and oxygen atoms in total. The minimum Gasteiger partial charge on any atom is -0.489 e. The van der Waals surface area contributed by atoms with Crippen LogP contribution < -0.4 is 15.2 Å². The highest BCUT2D eigenvalue weighted by Gasteiger charge is 2.26. The van der Waals surface area contributed by atoms with Gasteiger partial charge in [-0.15, -0.1) is 0 Å². The summed E-state index contributed by atoms with van der Waals surface area (Å²) in [7, 11) is 1.00. The first-order valence-corrected chi connectivity index (χ1v) is 11.6. The highest BCUT2D eigenvalue weighted by atomic mass is 16.6. The molecule has 2 aromatic rings. The summed E-state index contributed by atoms with van der Waals surface area (Å²) in [4.78, 5) is 35.9. The molecule has 4 rings (SSSR count). The maximum atomic E-state index is 11.2. The number of anilines is 1. The number of nitro groups is 1. The standard InChI is InChI=1S/C12H14N2O4.C12H16N2O2.CH4O/c1-9(15)13-7-6-12(8-13)18-11-4-2-10(3-5-11)14(16)17;1-9(15)14-7-6-12(8-14)16-11-4-2-10(13)3-5-11;1-2/h2-5,12H,6-8H2,1H3;2-5,12H,6-8,13H2,1H3;2H,1H3/t2*12-;/m00./s1. The molecule has 0 aromatic heterocycles. The van der Waals surface area contributed by atoms with Crippen molar-refractivity contribution in [3.63, 3.8) is 0 Å². The molecule has 0 radical (unpaired) electrons. The first-order valence-electron chi connectivity index (χ1n) is 11.6. The predicted octanol–water partition coefficient (Wildman–Crippen LogP) is 2.47. The highest BCUT2D eigenvalue weighted by molar-refractivity contribution is 5.73. The zero-order valence-electron chi connectivity index (χ0n) is 20.8. The lowest BCUT2D eigenvalue weighted by Crippen LogP contribution is -2.28. The average molecular weight is 503 g/mol. The molecule has 196 valence electrons. The van der Waals surface area contributed by atoms with E-state index in [1.165, 1.54) is 19.1 Å². The van der Waals surface area contributed by atoms with Gasteiger partial charge in [-0.25, -0.2) is 0 Å². The molecule has 2 aliphatic heterocycles. The van der Waals surface area contributed by atoms with Gasteiger partial charge >= 0.3 is 0 Å². The van der Waals surface area contributed by atoms with Crippen molar-refractivity contribution in [2.75, 3.05) is 39.0 Å². The molecule has 2 aliphatic rings. The molecule has 2 aromatic carbocycles. The Bertz CT molecular complexity index is 998. The van der Waals surface area contributed by atoms with E-state index in [2.05, 4.69) is 0 Å². The van der Waals surface area contributed by atoms with Gasteiger partial charge in [-0.2, -0.15) is 0 Å². The summed E-state index contributed by atoms with van der Waals surface area (Å²) in [6, 6.07) is 13.3. The number of nitrogen functional groups attached to an aromatic ring is 1. The number of carbonyl (C=O) groups is 2. The van der Waals surface area contributed by atoms with E-state index in [-0.39, 0.29) is 29.7 Å². The van der Waals surface area contributed by atoms with Crippen molar-refractivity contribution in [2.45, 2.75) is 38.9 Å². The summed E-state index contributed by atoms with van der Waals surface area (Å²) in [5.74, 6) is 1.56. The lowest BCUT2D eigenvalue weighted by molar-refractivity contribution is -0.384. The monoisotopic (exact) mass is 502 g/mol. The molecule has 0 aliphatic carbocycles. The van der Waals surface area contributed by atoms with Crippen molar-refractivity contribution in [1.29, 1.82) is 0 Å². The number of amides is 2. The number of hydrogen-bond acceptors (Lipinski definition) is 8. The van der Waals surface area contributed by atoms with Gasteiger partial charge in [0.15, 0.2) is 0 Å². The van der Waals surface area contributed by atoms with Crippen LogP contribution in [0.2, 0.25) is 0 Å². The Morgan fingerprint density at radius 2 is 1.25 bits per heavy atom. The summed E-state index contributed by atoms with van der Waals surface area (Å²) in [6.45, 7) is 5.87. The second kappa shape index (κ2) is 13.9. The van der Waals surface area contributed by atoms with Crippen molar-refractivity contribution in [3.8, 4) is 11.5 Å². The number of nitro benzene ring substituents is 1. The van der Waals surface area contributed by atoms with Crippen molar-refractivity contribution < 1.29 is 29.1 Å². The van der Waals surface area contributed by atoms with Gasteiger partial charge in [0.25, 0.3) is 5.69 Å². The smallest absolute Gasteiger partial charge is 0.269 e. The molecule has 11 heteroatoms. The molecule has 2 heterocycles. The van der Waals surface area contributed by atoms with E-state index < -0.39 is 4.92 Å². The zero-order valence-corrected chi connectivity index (χ0v) is 20.8. The van der Waals surface area contributed by atoms with Crippen LogP contribution in [0.25, 0.3) is 0 Å². The van der Waals surface area contributed by atoms with Crippen LogP contribution in [0.15, 0.2) is 48.5 Å².